The molecule has 2 unspecified atom stereocenters. The van der Waals surface area contributed by atoms with Crippen LogP contribution in [0, 0.1) is 11.9 Å². The number of rotatable bonds is 7. The Bertz CT molecular complexity index is 1050. The Balaban J connectivity index is 2.03. The molecule has 1 saturated carbocycles. The number of ether oxygens (including phenoxy) is 2. The molecule has 1 aromatic heterocycles. The second-order valence-electron chi connectivity index (χ2n) is 11.3. The molecule has 194 valence electrons. The van der Waals surface area contributed by atoms with Crippen molar-refractivity contribution in [3.05, 3.63) is 28.2 Å². The average molecular weight is 591 g/mol. The van der Waals surface area contributed by atoms with Gasteiger partial charge >= 0.3 is 12.1 Å². The molecule has 1 fully saturated rings. The van der Waals surface area contributed by atoms with Gasteiger partial charge in [0.1, 0.15) is 17.1 Å². The van der Waals surface area contributed by atoms with Crippen LogP contribution in [0.4, 0.5) is 9.18 Å². The van der Waals surface area contributed by atoms with E-state index in [1.807, 2.05) is 0 Å². The molecule has 0 bridgehead atoms. The molecule has 0 saturated heterocycles. The molecule has 2 aliphatic rings. The van der Waals surface area contributed by atoms with Crippen LogP contribution >= 0.6 is 27.7 Å². The van der Waals surface area contributed by atoms with E-state index in [2.05, 4.69) is 40.6 Å². The number of aliphatic imine (C=N–C) groups is 1. The van der Waals surface area contributed by atoms with E-state index < -0.39 is 47.9 Å². The number of aromatic nitrogens is 1. The van der Waals surface area contributed by atoms with Gasteiger partial charge < -0.3 is 14.6 Å². The van der Waals surface area contributed by atoms with Crippen LogP contribution in [0.3, 0.4) is 0 Å². The number of carboxylic acid groups (broad SMARTS) is 1. The van der Waals surface area contributed by atoms with Crippen molar-refractivity contribution in [1.82, 2.24) is 9.88 Å². The van der Waals surface area contributed by atoms with Crippen molar-refractivity contribution in [1.29, 1.82) is 0 Å². The van der Waals surface area contributed by atoms with Crippen LogP contribution in [-0.2, 0) is 19.8 Å². The van der Waals surface area contributed by atoms with Gasteiger partial charge in [0, 0.05) is 36.8 Å². The lowest BCUT2D eigenvalue weighted by molar-refractivity contribution is -0.137. The number of pyridine rings is 1. The van der Waals surface area contributed by atoms with E-state index in [-0.39, 0.29) is 23.9 Å². The maximum absolute atomic E-state index is 14.9. The van der Waals surface area contributed by atoms with E-state index in [1.165, 1.54) is 11.1 Å². The van der Waals surface area contributed by atoms with Gasteiger partial charge in [0.2, 0.25) is 5.95 Å². The molecule has 0 spiro atoms. The van der Waals surface area contributed by atoms with E-state index in [9.17, 15) is 19.1 Å². The van der Waals surface area contributed by atoms with Gasteiger partial charge in [0.05, 0.1) is 5.54 Å². The third-order valence-corrected chi connectivity index (χ3v) is 9.59. The van der Waals surface area contributed by atoms with Crippen molar-refractivity contribution in [2.45, 2.75) is 75.7 Å². The van der Waals surface area contributed by atoms with E-state index in [1.54, 1.807) is 33.8 Å². The zero-order valence-corrected chi connectivity index (χ0v) is 24.5. The number of fused-ring (bicyclic) bond motifs is 1. The van der Waals surface area contributed by atoms with Gasteiger partial charge in [-0.2, -0.15) is 4.39 Å². The number of amidine groups is 1. The Morgan fingerprint density at radius 3 is 2.60 bits per heavy atom. The van der Waals surface area contributed by atoms with Crippen molar-refractivity contribution in [2.75, 3.05) is 13.3 Å². The number of nitrogens with zero attached hydrogens (tertiary/aromatic N) is 3. The smallest absolute Gasteiger partial charge is 0.418 e. The van der Waals surface area contributed by atoms with Crippen LogP contribution in [-0.4, -0.2) is 64.0 Å². The van der Waals surface area contributed by atoms with Crippen LogP contribution in [0.5, 0.6) is 0 Å². The normalized spacial score (nSPS) is 26.0. The standard InChI is InChI=1S/C23H33BrFN3O5SSi/c1-21(2,3)33-20(31)28(13-32-8-9-35(5,6)7)19-27-22(4,15-10-14(24)12-26-17(15)25)16-11-23(16,34-19)18(29)30/h10,12,16H,8-9,11,13H2,1-7H3,(H,29,30)/t16?,22-,23?/m1/s1. The number of carbonyl (C=O) groups excluding carboxylic acids is 1. The number of amides is 1. The lowest BCUT2D eigenvalue weighted by atomic mass is 9.87. The summed E-state index contributed by atoms with van der Waals surface area (Å²) in [7, 11) is -1.37. The summed E-state index contributed by atoms with van der Waals surface area (Å²) in [6, 6.07) is 2.45. The second-order valence-corrected chi connectivity index (χ2v) is 19.2. The van der Waals surface area contributed by atoms with Crippen molar-refractivity contribution in [2.24, 2.45) is 10.9 Å². The molecule has 1 amide bonds. The van der Waals surface area contributed by atoms with Crippen molar-refractivity contribution >= 4 is 53.0 Å². The lowest BCUT2D eigenvalue weighted by Gasteiger charge is -2.36. The zero-order valence-electron chi connectivity index (χ0n) is 21.1. The fraction of sp³-hybridized carbons (Fsp3) is 0.652. The summed E-state index contributed by atoms with van der Waals surface area (Å²) >= 11 is 4.32. The first-order chi connectivity index (χ1) is 16.0. The minimum Gasteiger partial charge on any atom is -0.480 e. The first kappa shape index (κ1) is 28.1. The highest BCUT2D eigenvalue weighted by atomic mass is 79.9. The monoisotopic (exact) mass is 589 g/mol. The third kappa shape index (κ3) is 6.26. The second kappa shape index (κ2) is 9.75. The number of carboxylic acids is 1. The zero-order chi connectivity index (χ0) is 26.4. The molecular formula is C23H33BrFN3O5SSi. The molecule has 35 heavy (non-hydrogen) atoms. The highest BCUT2D eigenvalue weighted by Gasteiger charge is 2.72. The number of hydrogen-bond donors (Lipinski definition) is 1. The van der Waals surface area contributed by atoms with Gasteiger partial charge in [-0.3, -0.25) is 9.79 Å². The SMILES string of the molecule is CC(C)(C)OC(=O)N(COCC[Si](C)(C)C)C1=N[C@](C)(c2cc(Br)cnc2F)C2CC2(C(=O)O)S1. The minimum absolute atomic E-state index is 0.130. The maximum Gasteiger partial charge on any atom is 0.418 e. The molecule has 3 rings (SSSR count). The molecule has 3 atom stereocenters. The summed E-state index contributed by atoms with van der Waals surface area (Å²) in [6.07, 6.45) is 0.911. The van der Waals surface area contributed by atoms with Crippen LogP contribution in [0.1, 0.15) is 39.7 Å². The molecule has 8 nitrogen and oxygen atoms in total. The number of hydrogen-bond acceptors (Lipinski definition) is 7. The van der Waals surface area contributed by atoms with Gasteiger partial charge in [0.25, 0.3) is 0 Å². The van der Waals surface area contributed by atoms with Crippen molar-refractivity contribution in [3.63, 3.8) is 0 Å². The first-order valence-corrected chi connectivity index (χ1v) is 16.7. The van der Waals surface area contributed by atoms with Crippen molar-refractivity contribution < 1.29 is 28.6 Å². The number of halogens is 2. The Morgan fingerprint density at radius 1 is 1.37 bits per heavy atom. The summed E-state index contributed by atoms with van der Waals surface area (Å²) in [6.45, 7) is 13.9. The largest absolute Gasteiger partial charge is 0.480 e. The highest BCUT2D eigenvalue weighted by Crippen LogP contribution is 2.66. The molecule has 1 N–H and O–H groups in total. The first-order valence-electron chi connectivity index (χ1n) is 11.4. The summed E-state index contributed by atoms with van der Waals surface area (Å²) in [5.74, 6) is -2.23. The summed E-state index contributed by atoms with van der Waals surface area (Å²) < 4.78 is 25.6. The van der Waals surface area contributed by atoms with Crippen LogP contribution in [0.2, 0.25) is 25.7 Å². The molecule has 0 radical (unpaired) electrons. The van der Waals surface area contributed by atoms with Gasteiger partial charge in [-0.05, 0) is 62.2 Å². The van der Waals surface area contributed by atoms with E-state index in [0.717, 1.165) is 17.8 Å². The Hall–Kier alpha value is -1.50. The number of carbonyl (C=O) groups is 2. The average Bonchev–Trinajstić information content (AvgIpc) is 3.45. The molecular weight excluding hydrogens is 557 g/mol. The Labute approximate surface area is 219 Å². The van der Waals surface area contributed by atoms with Gasteiger partial charge in [-0.25, -0.2) is 14.7 Å². The molecule has 1 aliphatic heterocycles. The molecule has 0 aromatic carbocycles. The van der Waals surface area contributed by atoms with Crippen LogP contribution in [0.15, 0.2) is 21.7 Å². The predicted molar refractivity (Wildman–Crippen MR) is 140 cm³/mol. The predicted octanol–water partition coefficient (Wildman–Crippen LogP) is 5.69. The van der Waals surface area contributed by atoms with Crippen LogP contribution in [0.25, 0.3) is 0 Å². The number of thioether (sulfide) groups is 1. The minimum atomic E-state index is -1.37. The topological polar surface area (TPSA) is 101 Å². The van der Waals surface area contributed by atoms with E-state index in [4.69, 9.17) is 14.5 Å². The summed E-state index contributed by atoms with van der Waals surface area (Å²) in [5, 5.41) is 10.2. The van der Waals surface area contributed by atoms with E-state index >= 15 is 0 Å². The number of aliphatic carboxylic acids is 1. The van der Waals surface area contributed by atoms with E-state index in [0.29, 0.717) is 11.1 Å². The molecule has 1 aromatic rings. The lowest BCUT2D eigenvalue weighted by Crippen LogP contribution is -2.47. The Kier molecular flexibility index (Phi) is 7.82. The van der Waals surface area contributed by atoms with Gasteiger partial charge in [-0.15, -0.1) is 0 Å². The maximum atomic E-state index is 14.9. The fourth-order valence-corrected chi connectivity index (χ4v) is 6.53. The van der Waals surface area contributed by atoms with Crippen molar-refractivity contribution in [3.8, 4) is 0 Å². The van der Waals surface area contributed by atoms with Gasteiger partial charge in [0.15, 0.2) is 5.17 Å². The van der Waals surface area contributed by atoms with Crippen LogP contribution < -0.4 is 0 Å². The molecule has 12 heteroatoms. The molecule has 2 heterocycles. The third-order valence-electron chi connectivity index (χ3n) is 5.96. The summed E-state index contributed by atoms with van der Waals surface area (Å²) in [4.78, 5) is 35.4. The summed E-state index contributed by atoms with van der Waals surface area (Å²) in [5.41, 5.74) is -1.87. The highest BCUT2D eigenvalue weighted by molar-refractivity contribution is 9.10. The Morgan fingerprint density at radius 2 is 2.03 bits per heavy atom. The quantitative estimate of drug-likeness (QED) is 0.188. The fourth-order valence-electron chi connectivity index (χ4n) is 3.93. The molecule has 1 aliphatic carbocycles. The van der Waals surface area contributed by atoms with Gasteiger partial charge in [-0.1, -0.05) is 31.4 Å².